The molecule has 0 aliphatic heterocycles. The average Bonchev–Trinajstić information content (AvgIpc) is 2.18. The highest BCUT2D eigenvalue weighted by Gasteiger charge is 2.11. The van der Waals surface area contributed by atoms with Crippen molar-refractivity contribution in [2.45, 2.75) is 12.5 Å². The number of carboxylic acid groups (broad SMARTS) is 1. The lowest BCUT2D eigenvalue weighted by Crippen LogP contribution is -2.32. The Morgan fingerprint density at radius 2 is 2.36 bits per heavy atom. The molecule has 0 saturated carbocycles. The maximum atomic E-state index is 10.5. The summed E-state index contributed by atoms with van der Waals surface area (Å²) in [6, 6.07) is 6.28. The number of hydrogen-bond acceptors (Lipinski definition) is 2. The molecule has 0 fully saturated rings. The molecule has 1 rings (SSSR count). The summed E-state index contributed by atoms with van der Waals surface area (Å²) >= 11 is 0. The fraction of sp³-hybridized carbons (Fsp3) is 0.182. The van der Waals surface area contributed by atoms with Crippen LogP contribution in [0.25, 0.3) is 0 Å². The van der Waals surface area contributed by atoms with Crippen LogP contribution in [-0.2, 0) is 11.2 Å². The molecule has 0 bridgehead atoms. The van der Waals surface area contributed by atoms with Crippen molar-refractivity contribution >= 4 is 5.97 Å². The number of rotatable bonds is 3. The molecular formula is C11H11NO2. The van der Waals surface area contributed by atoms with Gasteiger partial charge in [0.1, 0.15) is 6.04 Å². The van der Waals surface area contributed by atoms with Crippen LogP contribution >= 0.6 is 0 Å². The van der Waals surface area contributed by atoms with E-state index in [1.54, 1.807) is 18.2 Å². The van der Waals surface area contributed by atoms with Gasteiger partial charge in [-0.3, -0.25) is 4.79 Å². The molecule has 0 aromatic heterocycles. The molecule has 3 nitrogen and oxygen atoms in total. The lowest BCUT2D eigenvalue weighted by atomic mass is 10.0. The molecule has 72 valence electrons. The Bertz CT molecular complexity index is 379. The van der Waals surface area contributed by atoms with Crippen LogP contribution in [0, 0.1) is 12.3 Å². The van der Waals surface area contributed by atoms with Crippen molar-refractivity contribution in [2.24, 2.45) is 5.73 Å². The van der Waals surface area contributed by atoms with E-state index in [0.29, 0.717) is 6.42 Å². The minimum atomic E-state index is -1.00. The molecular weight excluding hydrogens is 178 g/mol. The van der Waals surface area contributed by atoms with E-state index in [1.165, 1.54) is 0 Å². The van der Waals surface area contributed by atoms with Crippen LogP contribution in [0.2, 0.25) is 0 Å². The number of hydrogen-bond donors (Lipinski definition) is 2. The minimum absolute atomic E-state index is 0.296. The summed E-state index contributed by atoms with van der Waals surface area (Å²) in [7, 11) is 0. The van der Waals surface area contributed by atoms with E-state index >= 15 is 0 Å². The molecule has 1 aromatic rings. The first-order chi connectivity index (χ1) is 6.63. The van der Waals surface area contributed by atoms with E-state index < -0.39 is 12.0 Å². The van der Waals surface area contributed by atoms with Gasteiger partial charge in [-0.1, -0.05) is 18.1 Å². The molecule has 1 unspecified atom stereocenters. The van der Waals surface area contributed by atoms with Gasteiger partial charge < -0.3 is 10.8 Å². The van der Waals surface area contributed by atoms with Crippen LogP contribution in [0.5, 0.6) is 0 Å². The fourth-order valence-electron chi connectivity index (χ4n) is 1.13. The van der Waals surface area contributed by atoms with E-state index in [2.05, 4.69) is 5.92 Å². The maximum absolute atomic E-state index is 10.5. The molecule has 14 heavy (non-hydrogen) atoms. The van der Waals surface area contributed by atoms with Crippen LogP contribution in [-0.4, -0.2) is 17.1 Å². The van der Waals surface area contributed by atoms with Crippen molar-refractivity contribution < 1.29 is 9.90 Å². The van der Waals surface area contributed by atoms with Crippen molar-refractivity contribution in [3.63, 3.8) is 0 Å². The summed E-state index contributed by atoms with van der Waals surface area (Å²) in [6.07, 6.45) is 5.51. The van der Waals surface area contributed by atoms with Gasteiger partial charge in [-0.05, 0) is 24.1 Å². The third kappa shape index (κ3) is 2.61. The van der Waals surface area contributed by atoms with Crippen LogP contribution in [0.4, 0.5) is 0 Å². The topological polar surface area (TPSA) is 63.3 Å². The van der Waals surface area contributed by atoms with Gasteiger partial charge >= 0.3 is 5.97 Å². The van der Waals surface area contributed by atoms with E-state index in [9.17, 15) is 4.79 Å². The highest BCUT2D eigenvalue weighted by molar-refractivity contribution is 5.73. The van der Waals surface area contributed by atoms with Gasteiger partial charge in [-0.25, -0.2) is 0 Å². The van der Waals surface area contributed by atoms with Crippen LogP contribution < -0.4 is 5.73 Å². The standard InChI is InChI=1S/C11H11NO2/c1-2-8-4-3-5-9(6-8)7-10(12)11(13)14/h1,3-6,10H,7,12H2,(H,13,14). The number of carbonyl (C=O) groups is 1. The SMILES string of the molecule is C#Cc1cccc(CC(N)C(=O)O)c1. The summed E-state index contributed by atoms with van der Waals surface area (Å²) in [5.74, 6) is 1.48. The zero-order valence-electron chi connectivity index (χ0n) is 7.60. The molecule has 3 N–H and O–H groups in total. The minimum Gasteiger partial charge on any atom is -0.480 e. The quantitative estimate of drug-likeness (QED) is 0.685. The summed E-state index contributed by atoms with van der Waals surface area (Å²) in [5.41, 5.74) is 6.97. The van der Waals surface area contributed by atoms with E-state index in [1.807, 2.05) is 6.07 Å². The normalized spacial score (nSPS) is 11.7. The molecule has 3 heteroatoms. The van der Waals surface area contributed by atoms with Gasteiger partial charge in [-0.15, -0.1) is 6.42 Å². The predicted molar refractivity (Wildman–Crippen MR) is 53.7 cm³/mol. The Kier molecular flexibility index (Phi) is 3.27. The first-order valence-electron chi connectivity index (χ1n) is 4.17. The molecule has 0 saturated heterocycles. The number of aliphatic carboxylic acids is 1. The maximum Gasteiger partial charge on any atom is 0.320 e. The van der Waals surface area contributed by atoms with E-state index in [4.69, 9.17) is 17.3 Å². The Balaban J connectivity index is 2.78. The second-order valence-electron chi connectivity index (χ2n) is 2.99. The first-order valence-corrected chi connectivity index (χ1v) is 4.17. The van der Waals surface area contributed by atoms with Crippen LogP contribution in [0.1, 0.15) is 11.1 Å². The van der Waals surface area contributed by atoms with Gasteiger partial charge in [0, 0.05) is 5.56 Å². The van der Waals surface area contributed by atoms with Crippen molar-refractivity contribution in [3.05, 3.63) is 35.4 Å². The van der Waals surface area contributed by atoms with E-state index in [0.717, 1.165) is 11.1 Å². The number of nitrogens with two attached hydrogens (primary N) is 1. The summed E-state index contributed by atoms with van der Waals surface area (Å²) in [5, 5.41) is 8.60. The molecule has 0 aliphatic carbocycles. The molecule has 0 amide bonds. The van der Waals surface area contributed by atoms with Gasteiger partial charge in [0.15, 0.2) is 0 Å². The second kappa shape index (κ2) is 4.45. The number of carboxylic acids is 1. The summed E-state index contributed by atoms with van der Waals surface area (Å²) in [6.45, 7) is 0. The van der Waals surface area contributed by atoms with Crippen molar-refractivity contribution in [2.75, 3.05) is 0 Å². The molecule has 0 aliphatic rings. The predicted octanol–water partition coefficient (Wildman–Crippen LogP) is 0.622. The van der Waals surface area contributed by atoms with Gasteiger partial charge in [0.25, 0.3) is 0 Å². The zero-order valence-corrected chi connectivity index (χ0v) is 7.60. The lowest BCUT2D eigenvalue weighted by Gasteiger charge is -2.06. The molecule has 0 radical (unpaired) electrons. The lowest BCUT2D eigenvalue weighted by molar-refractivity contribution is -0.138. The molecule has 1 aromatic carbocycles. The van der Waals surface area contributed by atoms with Crippen LogP contribution in [0.3, 0.4) is 0 Å². The summed E-state index contributed by atoms with van der Waals surface area (Å²) in [4.78, 5) is 10.5. The Morgan fingerprint density at radius 3 is 2.93 bits per heavy atom. The largest absolute Gasteiger partial charge is 0.480 e. The van der Waals surface area contributed by atoms with E-state index in [-0.39, 0.29) is 0 Å². The van der Waals surface area contributed by atoms with Crippen molar-refractivity contribution in [3.8, 4) is 12.3 Å². The third-order valence-electron chi connectivity index (χ3n) is 1.87. The molecule has 1 atom stereocenters. The Morgan fingerprint density at radius 1 is 1.64 bits per heavy atom. The Hall–Kier alpha value is -1.79. The zero-order chi connectivity index (χ0) is 10.6. The summed E-state index contributed by atoms with van der Waals surface area (Å²) < 4.78 is 0. The molecule has 0 heterocycles. The van der Waals surface area contributed by atoms with Gasteiger partial charge in [-0.2, -0.15) is 0 Å². The average molecular weight is 189 g/mol. The Labute approximate surface area is 82.6 Å². The highest BCUT2D eigenvalue weighted by Crippen LogP contribution is 2.06. The van der Waals surface area contributed by atoms with Gasteiger partial charge in [0.05, 0.1) is 0 Å². The monoisotopic (exact) mass is 189 g/mol. The van der Waals surface area contributed by atoms with Crippen molar-refractivity contribution in [1.82, 2.24) is 0 Å². The fourth-order valence-corrected chi connectivity index (χ4v) is 1.13. The molecule has 0 spiro atoms. The smallest absolute Gasteiger partial charge is 0.320 e. The van der Waals surface area contributed by atoms with Crippen LogP contribution in [0.15, 0.2) is 24.3 Å². The van der Waals surface area contributed by atoms with Gasteiger partial charge in [0.2, 0.25) is 0 Å². The number of terminal acetylenes is 1. The number of benzene rings is 1. The highest BCUT2D eigenvalue weighted by atomic mass is 16.4. The van der Waals surface area contributed by atoms with Crippen molar-refractivity contribution in [1.29, 1.82) is 0 Å². The second-order valence-corrected chi connectivity index (χ2v) is 2.99. The third-order valence-corrected chi connectivity index (χ3v) is 1.87. The first kappa shape index (κ1) is 10.3.